The van der Waals surface area contributed by atoms with Gasteiger partial charge in [-0.1, -0.05) is 24.3 Å². The molecule has 0 aliphatic rings. The Morgan fingerprint density at radius 1 is 1.32 bits per heavy atom. The molecular formula is C14H18N2O3. The Morgan fingerprint density at radius 2 is 1.95 bits per heavy atom. The predicted octanol–water partition coefficient (Wildman–Crippen LogP) is 0.962. The van der Waals surface area contributed by atoms with Gasteiger partial charge in [0.1, 0.15) is 0 Å². The van der Waals surface area contributed by atoms with Crippen LogP contribution in [0.3, 0.4) is 0 Å². The zero-order valence-corrected chi connectivity index (χ0v) is 11.1. The van der Waals surface area contributed by atoms with Crippen molar-refractivity contribution in [3.8, 4) is 0 Å². The van der Waals surface area contributed by atoms with E-state index in [0.717, 1.165) is 17.2 Å². The van der Waals surface area contributed by atoms with Crippen LogP contribution in [-0.4, -0.2) is 42.5 Å². The number of nitrogens with zero attached hydrogens (tertiary/aromatic N) is 1. The predicted molar refractivity (Wildman–Crippen MR) is 73.5 cm³/mol. The summed E-state index contributed by atoms with van der Waals surface area (Å²) in [7, 11) is 3.48. The summed E-state index contributed by atoms with van der Waals surface area (Å²) >= 11 is 0. The summed E-state index contributed by atoms with van der Waals surface area (Å²) in [6, 6.07) is 7.54. The Hall–Kier alpha value is -2.14. The first-order valence-electron chi connectivity index (χ1n) is 5.90. The summed E-state index contributed by atoms with van der Waals surface area (Å²) in [5.74, 6) is -0.988. The first-order valence-corrected chi connectivity index (χ1v) is 5.90. The molecule has 1 aromatic carbocycles. The zero-order chi connectivity index (χ0) is 14.3. The average Bonchev–Trinajstić information content (AvgIpc) is 2.37. The van der Waals surface area contributed by atoms with E-state index in [4.69, 9.17) is 5.11 Å². The lowest BCUT2D eigenvalue weighted by atomic mass is 10.1. The topological polar surface area (TPSA) is 69.6 Å². The Balaban J connectivity index is 2.57. The van der Waals surface area contributed by atoms with Crippen molar-refractivity contribution in [1.82, 2.24) is 10.2 Å². The molecule has 1 aromatic rings. The summed E-state index contributed by atoms with van der Waals surface area (Å²) in [6.45, 7) is 1.01. The number of amides is 1. The fourth-order valence-corrected chi connectivity index (χ4v) is 1.59. The van der Waals surface area contributed by atoms with Crippen LogP contribution in [0, 0.1) is 0 Å². The molecule has 19 heavy (non-hydrogen) atoms. The molecule has 0 aliphatic carbocycles. The Labute approximate surface area is 112 Å². The van der Waals surface area contributed by atoms with E-state index in [1.165, 1.54) is 0 Å². The van der Waals surface area contributed by atoms with Gasteiger partial charge in [0.05, 0.1) is 6.54 Å². The summed E-state index contributed by atoms with van der Waals surface area (Å²) in [6.07, 6.45) is 2.65. The second-order valence-electron chi connectivity index (χ2n) is 4.26. The van der Waals surface area contributed by atoms with E-state index in [2.05, 4.69) is 5.32 Å². The summed E-state index contributed by atoms with van der Waals surface area (Å²) in [5, 5.41) is 11.1. The van der Waals surface area contributed by atoms with Crippen molar-refractivity contribution in [3.05, 3.63) is 41.5 Å². The standard InChI is InChI=1S/C14H18N2O3/c1-15-13(17)10-16(2)9-12-5-3-11(4-6-12)7-8-14(18)19/h3-8H,9-10H2,1-2H3,(H,15,17)(H,18,19). The molecule has 0 unspecified atom stereocenters. The summed E-state index contributed by atoms with van der Waals surface area (Å²) in [4.78, 5) is 23.5. The van der Waals surface area contributed by atoms with E-state index >= 15 is 0 Å². The minimum atomic E-state index is -0.964. The van der Waals surface area contributed by atoms with Crippen LogP contribution in [0.5, 0.6) is 0 Å². The lowest BCUT2D eigenvalue weighted by Gasteiger charge is -2.15. The third-order valence-electron chi connectivity index (χ3n) is 2.54. The molecule has 0 heterocycles. The summed E-state index contributed by atoms with van der Waals surface area (Å²) in [5.41, 5.74) is 1.90. The molecule has 0 radical (unpaired) electrons. The molecule has 0 atom stereocenters. The Morgan fingerprint density at radius 3 is 2.47 bits per heavy atom. The number of hydrogen-bond acceptors (Lipinski definition) is 3. The maximum atomic E-state index is 11.2. The maximum absolute atomic E-state index is 11.2. The van der Waals surface area contributed by atoms with Gasteiger partial charge < -0.3 is 10.4 Å². The number of benzene rings is 1. The second kappa shape index (κ2) is 7.33. The molecule has 0 spiro atoms. The van der Waals surface area contributed by atoms with Gasteiger partial charge >= 0.3 is 5.97 Å². The van der Waals surface area contributed by atoms with Gasteiger partial charge in [0.25, 0.3) is 0 Å². The van der Waals surface area contributed by atoms with Gasteiger partial charge in [-0.05, 0) is 24.3 Å². The minimum absolute atomic E-state index is 0.0245. The highest BCUT2D eigenvalue weighted by atomic mass is 16.4. The van der Waals surface area contributed by atoms with Crippen molar-refractivity contribution in [2.75, 3.05) is 20.6 Å². The number of aliphatic carboxylic acids is 1. The van der Waals surface area contributed by atoms with Gasteiger partial charge in [0, 0.05) is 19.7 Å². The number of rotatable bonds is 6. The maximum Gasteiger partial charge on any atom is 0.328 e. The lowest BCUT2D eigenvalue weighted by Crippen LogP contribution is -2.32. The van der Waals surface area contributed by atoms with Crippen LogP contribution in [0.4, 0.5) is 0 Å². The lowest BCUT2D eigenvalue weighted by molar-refractivity contribution is -0.131. The van der Waals surface area contributed by atoms with Gasteiger partial charge in [-0.3, -0.25) is 9.69 Å². The summed E-state index contributed by atoms with van der Waals surface area (Å²) < 4.78 is 0. The van der Waals surface area contributed by atoms with Crippen LogP contribution in [0.15, 0.2) is 30.3 Å². The number of carboxylic acids is 1. The molecular weight excluding hydrogens is 244 g/mol. The Kier molecular flexibility index (Phi) is 5.75. The number of carbonyl (C=O) groups excluding carboxylic acids is 1. The SMILES string of the molecule is CNC(=O)CN(C)Cc1ccc(C=CC(=O)O)cc1. The quantitative estimate of drug-likeness (QED) is 0.749. The smallest absolute Gasteiger partial charge is 0.328 e. The van der Waals surface area contributed by atoms with Crippen LogP contribution >= 0.6 is 0 Å². The van der Waals surface area contributed by atoms with Crippen LogP contribution in [0.1, 0.15) is 11.1 Å². The van der Waals surface area contributed by atoms with E-state index in [-0.39, 0.29) is 5.91 Å². The van der Waals surface area contributed by atoms with Gasteiger partial charge in [-0.2, -0.15) is 0 Å². The fourth-order valence-electron chi connectivity index (χ4n) is 1.59. The highest BCUT2D eigenvalue weighted by molar-refractivity contribution is 5.85. The normalized spacial score (nSPS) is 10.9. The molecule has 2 N–H and O–H groups in total. The van der Waals surface area contributed by atoms with Gasteiger partial charge in [0.15, 0.2) is 0 Å². The van der Waals surface area contributed by atoms with E-state index in [1.54, 1.807) is 13.1 Å². The number of carbonyl (C=O) groups is 2. The third kappa shape index (κ3) is 5.83. The Bertz CT molecular complexity index is 466. The van der Waals surface area contributed by atoms with Crippen molar-refractivity contribution >= 4 is 18.0 Å². The largest absolute Gasteiger partial charge is 0.478 e. The van der Waals surface area contributed by atoms with E-state index in [0.29, 0.717) is 13.1 Å². The van der Waals surface area contributed by atoms with Crippen LogP contribution in [0.2, 0.25) is 0 Å². The fraction of sp³-hybridized carbons (Fsp3) is 0.286. The number of likely N-dealkylation sites (N-methyl/N-ethyl adjacent to an activating group) is 2. The zero-order valence-electron chi connectivity index (χ0n) is 11.1. The highest BCUT2D eigenvalue weighted by Gasteiger charge is 2.04. The molecule has 0 bridgehead atoms. The first-order chi connectivity index (χ1) is 9.01. The van der Waals surface area contributed by atoms with Crippen molar-refractivity contribution < 1.29 is 14.7 Å². The van der Waals surface area contributed by atoms with Crippen molar-refractivity contribution in [1.29, 1.82) is 0 Å². The van der Waals surface area contributed by atoms with E-state index in [1.807, 2.05) is 36.2 Å². The molecule has 0 saturated heterocycles. The number of carboxylic acid groups (broad SMARTS) is 1. The first kappa shape index (κ1) is 14.9. The third-order valence-corrected chi connectivity index (χ3v) is 2.54. The molecule has 5 heteroatoms. The monoisotopic (exact) mass is 262 g/mol. The molecule has 0 aliphatic heterocycles. The number of nitrogens with one attached hydrogen (secondary N) is 1. The van der Waals surface area contributed by atoms with Crippen molar-refractivity contribution in [2.45, 2.75) is 6.54 Å². The molecule has 0 saturated carbocycles. The van der Waals surface area contributed by atoms with Crippen LogP contribution < -0.4 is 5.32 Å². The van der Waals surface area contributed by atoms with E-state index in [9.17, 15) is 9.59 Å². The molecule has 0 aromatic heterocycles. The molecule has 0 fully saturated rings. The molecule has 102 valence electrons. The molecule has 1 amide bonds. The van der Waals surface area contributed by atoms with Crippen LogP contribution in [-0.2, 0) is 16.1 Å². The van der Waals surface area contributed by atoms with Gasteiger partial charge in [0.2, 0.25) is 5.91 Å². The van der Waals surface area contributed by atoms with Gasteiger partial charge in [-0.15, -0.1) is 0 Å². The van der Waals surface area contributed by atoms with Crippen molar-refractivity contribution in [3.63, 3.8) is 0 Å². The highest BCUT2D eigenvalue weighted by Crippen LogP contribution is 2.08. The average molecular weight is 262 g/mol. The van der Waals surface area contributed by atoms with Gasteiger partial charge in [-0.25, -0.2) is 4.79 Å². The molecule has 5 nitrogen and oxygen atoms in total. The molecule has 1 rings (SSSR count). The van der Waals surface area contributed by atoms with Crippen LogP contribution in [0.25, 0.3) is 6.08 Å². The van der Waals surface area contributed by atoms with Crippen molar-refractivity contribution in [2.24, 2.45) is 0 Å². The van der Waals surface area contributed by atoms with E-state index < -0.39 is 5.97 Å². The minimum Gasteiger partial charge on any atom is -0.478 e. The number of hydrogen-bond donors (Lipinski definition) is 2. The second-order valence-corrected chi connectivity index (χ2v) is 4.26.